The maximum absolute atomic E-state index is 13.0. The number of hydrogen-bond acceptors (Lipinski definition) is 4. The minimum atomic E-state index is -3.51. The lowest BCUT2D eigenvalue weighted by atomic mass is 10.2. The fraction of sp³-hybridized carbons (Fsp3) is 0.471. The van der Waals surface area contributed by atoms with E-state index < -0.39 is 10.0 Å². The molecule has 1 aromatic carbocycles. The first-order chi connectivity index (χ1) is 11.5. The summed E-state index contributed by atoms with van der Waals surface area (Å²) in [6.07, 6.45) is 2.40. The molecule has 1 aliphatic carbocycles. The van der Waals surface area contributed by atoms with E-state index in [0.29, 0.717) is 36.2 Å². The summed E-state index contributed by atoms with van der Waals surface area (Å²) in [5.41, 5.74) is 2.91. The van der Waals surface area contributed by atoms with Crippen LogP contribution in [0.3, 0.4) is 0 Å². The molecule has 0 bridgehead atoms. The zero-order valence-electron chi connectivity index (χ0n) is 13.9. The van der Waals surface area contributed by atoms with Gasteiger partial charge in [-0.1, -0.05) is 0 Å². The lowest BCUT2D eigenvalue weighted by molar-refractivity contribution is 0.326. The fourth-order valence-electron chi connectivity index (χ4n) is 3.21. The first kappa shape index (κ1) is 15.7. The minimum Gasteiger partial charge on any atom is -0.496 e. The number of aromatic nitrogens is 2. The number of hydrogen-bond donors (Lipinski definition) is 0. The first-order valence-electron chi connectivity index (χ1n) is 8.20. The summed E-state index contributed by atoms with van der Waals surface area (Å²) >= 11 is 0. The van der Waals surface area contributed by atoms with Gasteiger partial charge in [-0.3, -0.25) is 4.68 Å². The second-order valence-corrected chi connectivity index (χ2v) is 8.47. The molecule has 1 aliphatic heterocycles. The van der Waals surface area contributed by atoms with Gasteiger partial charge in [-0.15, -0.1) is 0 Å². The monoisotopic (exact) mass is 347 g/mol. The van der Waals surface area contributed by atoms with Crippen molar-refractivity contribution >= 4 is 10.0 Å². The highest BCUT2D eigenvalue weighted by Gasteiger charge is 2.32. The van der Waals surface area contributed by atoms with E-state index in [1.54, 1.807) is 29.6 Å². The van der Waals surface area contributed by atoms with Gasteiger partial charge >= 0.3 is 0 Å². The Morgan fingerprint density at radius 3 is 2.67 bits per heavy atom. The van der Waals surface area contributed by atoms with Gasteiger partial charge in [-0.2, -0.15) is 9.40 Å². The molecule has 1 aromatic heterocycles. The Morgan fingerprint density at radius 2 is 2.00 bits per heavy atom. The molecule has 2 aliphatic rings. The highest BCUT2D eigenvalue weighted by atomic mass is 32.2. The molecule has 1 fully saturated rings. The lowest BCUT2D eigenvalue weighted by Crippen LogP contribution is -2.38. The number of ether oxygens (including phenoxy) is 1. The molecule has 6 nitrogen and oxygen atoms in total. The van der Waals surface area contributed by atoms with Crippen molar-refractivity contribution < 1.29 is 13.2 Å². The zero-order valence-corrected chi connectivity index (χ0v) is 14.7. The van der Waals surface area contributed by atoms with Gasteiger partial charge in [0.15, 0.2) is 0 Å². The molecule has 1 saturated carbocycles. The highest BCUT2D eigenvalue weighted by molar-refractivity contribution is 7.89. The van der Waals surface area contributed by atoms with Crippen molar-refractivity contribution in [1.82, 2.24) is 14.1 Å². The van der Waals surface area contributed by atoms with Crippen LogP contribution in [-0.4, -0.2) is 36.2 Å². The summed E-state index contributed by atoms with van der Waals surface area (Å²) in [4.78, 5) is 0.316. The molecule has 2 aromatic rings. The molecule has 24 heavy (non-hydrogen) atoms. The minimum absolute atomic E-state index is 0.316. The van der Waals surface area contributed by atoms with E-state index in [1.165, 1.54) is 12.8 Å². The maximum Gasteiger partial charge on any atom is 0.243 e. The molecule has 0 N–H and O–H groups in total. The van der Waals surface area contributed by atoms with Crippen LogP contribution >= 0.6 is 0 Å². The molecule has 0 unspecified atom stereocenters. The van der Waals surface area contributed by atoms with E-state index in [-0.39, 0.29) is 0 Å². The van der Waals surface area contributed by atoms with Gasteiger partial charge in [0.2, 0.25) is 10.0 Å². The average Bonchev–Trinajstić information content (AvgIpc) is 3.33. The number of fused-ring (bicyclic) bond motifs is 1. The van der Waals surface area contributed by atoms with Crippen LogP contribution < -0.4 is 4.74 Å². The molecule has 0 atom stereocenters. The van der Waals surface area contributed by atoms with Crippen LogP contribution in [0.1, 0.15) is 35.7 Å². The second kappa shape index (κ2) is 5.60. The summed E-state index contributed by atoms with van der Waals surface area (Å²) in [7, 11) is -1.93. The summed E-state index contributed by atoms with van der Waals surface area (Å²) in [6, 6.07) is 7.07. The van der Waals surface area contributed by atoms with E-state index in [4.69, 9.17) is 4.74 Å². The van der Waals surface area contributed by atoms with Crippen molar-refractivity contribution in [1.29, 1.82) is 0 Å². The van der Waals surface area contributed by atoms with Crippen LogP contribution in [0.15, 0.2) is 29.2 Å². The molecular weight excluding hydrogens is 326 g/mol. The Labute approximate surface area is 142 Å². The molecule has 4 rings (SSSR count). The van der Waals surface area contributed by atoms with Crippen molar-refractivity contribution in [3.8, 4) is 5.75 Å². The van der Waals surface area contributed by atoms with Crippen molar-refractivity contribution in [2.75, 3.05) is 13.7 Å². The van der Waals surface area contributed by atoms with Crippen molar-refractivity contribution in [3.05, 3.63) is 41.2 Å². The third-order valence-corrected chi connectivity index (χ3v) is 6.62. The predicted molar refractivity (Wildman–Crippen MR) is 89.5 cm³/mol. The van der Waals surface area contributed by atoms with Gasteiger partial charge < -0.3 is 4.74 Å². The number of nitrogens with zero attached hydrogens (tertiary/aromatic N) is 3. The smallest absolute Gasteiger partial charge is 0.243 e. The quantitative estimate of drug-likeness (QED) is 0.851. The number of aryl methyl sites for hydroxylation is 1. The molecule has 0 radical (unpaired) electrons. The van der Waals surface area contributed by atoms with Crippen LogP contribution in [0.4, 0.5) is 0 Å². The van der Waals surface area contributed by atoms with E-state index in [0.717, 1.165) is 17.0 Å². The summed E-state index contributed by atoms with van der Waals surface area (Å²) in [5.74, 6) is 1.28. The summed E-state index contributed by atoms with van der Waals surface area (Å²) in [5, 5.41) is 4.62. The Kier molecular flexibility index (Phi) is 3.65. The van der Waals surface area contributed by atoms with Crippen LogP contribution in [0.25, 0.3) is 0 Å². The van der Waals surface area contributed by atoms with Gasteiger partial charge in [0.1, 0.15) is 5.75 Å². The molecule has 0 saturated heterocycles. The molecule has 0 spiro atoms. The third kappa shape index (κ3) is 2.61. The van der Waals surface area contributed by atoms with E-state index in [1.807, 2.05) is 11.6 Å². The maximum atomic E-state index is 13.0. The standard InChI is InChI=1S/C17H21N3O3S/c1-12-9-15(5-6-17(12)23-2)24(21,22)19-7-8-20-14(11-19)10-16(18-20)13-3-4-13/h5-6,9-10,13H,3-4,7-8,11H2,1-2H3. The number of benzene rings is 1. The van der Waals surface area contributed by atoms with Gasteiger partial charge in [0.05, 0.1) is 36.5 Å². The normalized spacial score (nSPS) is 18.4. The van der Waals surface area contributed by atoms with Crippen LogP contribution in [0.5, 0.6) is 5.75 Å². The SMILES string of the molecule is COc1ccc(S(=O)(=O)N2CCn3nc(C4CC4)cc3C2)cc1C. The largest absolute Gasteiger partial charge is 0.496 e. The number of rotatable bonds is 4. The molecule has 2 heterocycles. The Morgan fingerprint density at radius 1 is 1.21 bits per heavy atom. The lowest BCUT2D eigenvalue weighted by Gasteiger charge is -2.27. The number of sulfonamides is 1. The molecule has 128 valence electrons. The summed E-state index contributed by atoms with van der Waals surface area (Å²) in [6.45, 7) is 3.29. The zero-order chi connectivity index (χ0) is 16.9. The third-order valence-electron chi connectivity index (χ3n) is 4.78. The van der Waals surface area contributed by atoms with Crippen molar-refractivity contribution in [3.63, 3.8) is 0 Å². The highest BCUT2D eigenvalue weighted by Crippen LogP contribution is 2.40. The topological polar surface area (TPSA) is 64.4 Å². The average molecular weight is 347 g/mol. The Balaban J connectivity index is 1.61. The van der Waals surface area contributed by atoms with Crippen molar-refractivity contribution in [2.45, 2.75) is 43.7 Å². The van der Waals surface area contributed by atoms with E-state index in [9.17, 15) is 8.42 Å². The van der Waals surface area contributed by atoms with E-state index in [2.05, 4.69) is 11.2 Å². The van der Waals surface area contributed by atoms with Gasteiger partial charge in [0, 0.05) is 12.5 Å². The van der Waals surface area contributed by atoms with Gasteiger partial charge in [0.25, 0.3) is 0 Å². The molecule has 0 amide bonds. The molecule has 7 heteroatoms. The van der Waals surface area contributed by atoms with Crippen molar-refractivity contribution in [2.24, 2.45) is 0 Å². The predicted octanol–water partition coefficient (Wildman–Crippen LogP) is 2.28. The fourth-order valence-corrected chi connectivity index (χ4v) is 4.70. The summed E-state index contributed by atoms with van der Waals surface area (Å²) < 4.78 is 34.6. The van der Waals surface area contributed by atoms with Crippen LogP contribution in [0.2, 0.25) is 0 Å². The molecular formula is C17H21N3O3S. The van der Waals surface area contributed by atoms with Gasteiger partial charge in [-0.05, 0) is 49.6 Å². The Hall–Kier alpha value is -1.86. The van der Waals surface area contributed by atoms with Crippen LogP contribution in [-0.2, 0) is 23.1 Å². The van der Waals surface area contributed by atoms with E-state index >= 15 is 0 Å². The van der Waals surface area contributed by atoms with Gasteiger partial charge in [-0.25, -0.2) is 8.42 Å². The Bertz CT molecular complexity index is 884. The first-order valence-corrected chi connectivity index (χ1v) is 9.64. The number of methoxy groups -OCH3 is 1. The van der Waals surface area contributed by atoms with Crippen LogP contribution in [0, 0.1) is 6.92 Å². The second-order valence-electron chi connectivity index (χ2n) is 6.53.